The summed E-state index contributed by atoms with van der Waals surface area (Å²) in [5, 5.41) is 0. The number of hydrogen-bond acceptors (Lipinski definition) is 2. The van der Waals surface area contributed by atoms with Crippen LogP contribution in [0.2, 0.25) is 0 Å². The smallest absolute Gasteiger partial charge is 0.141 e. The second-order valence-corrected chi connectivity index (χ2v) is 5.22. The van der Waals surface area contributed by atoms with Crippen molar-refractivity contribution in [2.24, 2.45) is 5.73 Å². The van der Waals surface area contributed by atoms with Crippen LogP contribution in [0.1, 0.15) is 18.1 Å². The van der Waals surface area contributed by atoms with E-state index in [1.165, 1.54) is 11.1 Å². The van der Waals surface area contributed by atoms with Gasteiger partial charge in [-0.1, -0.05) is 31.2 Å². The summed E-state index contributed by atoms with van der Waals surface area (Å²) in [7, 11) is 0. The van der Waals surface area contributed by atoms with Gasteiger partial charge in [0.1, 0.15) is 11.5 Å². The second kappa shape index (κ2) is 6.73. The number of halogens is 1. The number of benzene rings is 2. The maximum Gasteiger partial charge on any atom is 0.141 e. The van der Waals surface area contributed by atoms with Crippen LogP contribution < -0.4 is 10.5 Å². The highest BCUT2D eigenvalue weighted by Gasteiger charge is 2.06. The van der Waals surface area contributed by atoms with Gasteiger partial charge in [-0.05, 0) is 64.6 Å². The molecular formula is C16H18BrNO. The molecule has 0 aliphatic rings. The first-order chi connectivity index (χ1) is 9.24. The first-order valence-corrected chi connectivity index (χ1v) is 7.28. The number of rotatable bonds is 5. The summed E-state index contributed by atoms with van der Waals surface area (Å²) in [5.41, 5.74) is 7.99. The normalized spacial score (nSPS) is 10.5. The number of aryl methyl sites for hydroxylation is 1. The highest BCUT2D eigenvalue weighted by atomic mass is 79.9. The van der Waals surface area contributed by atoms with Crippen molar-refractivity contribution in [3.63, 3.8) is 0 Å². The van der Waals surface area contributed by atoms with Crippen LogP contribution in [0.4, 0.5) is 0 Å². The molecule has 0 amide bonds. The highest BCUT2D eigenvalue weighted by molar-refractivity contribution is 9.10. The van der Waals surface area contributed by atoms with Gasteiger partial charge in [0, 0.05) is 0 Å². The summed E-state index contributed by atoms with van der Waals surface area (Å²) in [6, 6.07) is 14.2. The lowest BCUT2D eigenvalue weighted by atomic mass is 10.1. The molecule has 0 bridgehead atoms. The van der Waals surface area contributed by atoms with Crippen molar-refractivity contribution in [3.05, 3.63) is 58.1 Å². The SMILES string of the molecule is CCc1ccccc1Oc1ccc(CCN)cc1Br. The summed E-state index contributed by atoms with van der Waals surface area (Å²) in [6.45, 7) is 2.78. The third-order valence-corrected chi connectivity index (χ3v) is 3.62. The minimum absolute atomic E-state index is 0.658. The Labute approximate surface area is 122 Å². The first-order valence-electron chi connectivity index (χ1n) is 6.49. The maximum absolute atomic E-state index is 5.99. The van der Waals surface area contributed by atoms with Crippen molar-refractivity contribution in [3.8, 4) is 11.5 Å². The fourth-order valence-electron chi connectivity index (χ4n) is 1.96. The Bertz CT molecular complexity index is 554. The van der Waals surface area contributed by atoms with E-state index in [1.807, 2.05) is 24.3 Å². The molecule has 100 valence electrons. The predicted octanol–water partition coefficient (Wildman–Crippen LogP) is 4.31. The van der Waals surface area contributed by atoms with Crippen LogP contribution in [0.3, 0.4) is 0 Å². The summed E-state index contributed by atoms with van der Waals surface area (Å²) >= 11 is 3.56. The van der Waals surface area contributed by atoms with Crippen molar-refractivity contribution in [2.75, 3.05) is 6.54 Å². The summed E-state index contributed by atoms with van der Waals surface area (Å²) in [5.74, 6) is 1.75. The summed E-state index contributed by atoms with van der Waals surface area (Å²) < 4.78 is 6.95. The molecule has 2 aromatic rings. The lowest BCUT2D eigenvalue weighted by Crippen LogP contribution is -2.02. The van der Waals surface area contributed by atoms with E-state index in [9.17, 15) is 0 Å². The van der Waals surface area contributed by atoms with Crippen LogP contribution in [-0.2, 0) is 12.8 Å². The second-order valence-electron chi connectivity index (χ2n) is 4.37. The van der Waals surface area contributed by atoms with Crippen LogP contribution >= 0.6 is 15.9 Å². The van der Waals surface area contributed by atoms with E-state index in [0.29, 0.717) is 6.54 Å². The molecule has 3 heteroatoms. The first kappa shape index (κ1) is 14.1. The zero-order valence-electron chi connectivity index (χ0n) is 11.0. The third-order valence-electron chi connectivity index (χ3n) is 3.00. The van der Waals surface area contributed by atoms with Crippen molar-refractivity contribution in [1.82, 2.24) is 0 Å². The lowest BCUT2D eigenvalue weighted by molar-refractivity contribution is 0.473. The van der Waals surface area contributed by atoms with E-state index in [2.05, 4.69) is 41.1 Å². The van der Waals surface area contributed by atoms with Crippen molar-refractivity contribution < 1.29 is 4.74 Å². The van der Waals surface area contributed by atoms with Crippen LogP contribution in [-0.4, -0.2) is 6.54 Å². The van der Waals surface area contributed by atoms with E-state index in [-0.39, 0.29) is 0 Å². The van der Waals surface area contributed by atoms with Gasteiger partial charge in [-0.2, -0.15) is 0 Å². The average Bonchev–Trinajstić information content (AvgIpc) is 2.43. The third kappa shape index (κ3) is 3.58. The molecule has 2 nitrogen and oxygen atoms in total. The van der Waals surface area contributed by atoms with Crippen LogP contribution in [0.15, 0.2) is 46.9 Å². The van der Waals surface area contributed by atoms with E-state index >= 15 is 0 Å². The van der Waals surface area contributed by atoms with Gasteiger partial charge in [0.15, 0.2) is 0 Å². The zero-order chi connectivity index (χ0) is 13.7. The van der Waals surface area contributed by atoms with Gasteiger partial charge < -0.3 is 10.5 Å². The fraction of sp³-hybridized carbons (Fsp3) is 0.250. The molecule has 0 unspecified atom stereocenters. The van der Waals surface area contributed by atoms with Gasteiger partial charge in [-0.3, -0.25) is 0 Å². The van der Waals surface area contributed by atoms with Gasteiger partial charge in [0.05, 0.1) is 4.47 Å². The molecule has 2 rings (SSSR count). The predicted molar refractivity (Wildman–Crippen MR) is 82.8 cm³/mol. The lowest BCUT2D eigenvalue weighted by Gasteiger charge is -2.12. The average molecular weight is 320 g/mol. The van der Waals surface area contributed by atoms with Gasteiger partial charge in [0.25, 0.3) is 0 Å². The Morgan fingerprint density at radius 1 is 1.11 bits per heavy atom. The van der Waals surface area contributed by atoms with Gasteiger partial charge in [-0.25, -0.2) is 0 Å². The molecule has 0 aliphatic heterocycles. The Kier molecular flexibility index (Phi) is 5.00. The van der Waals surface area contributed by atoms with E-state index in [0.717, 1.165) is 28.8 Å². The van der Waals surface area contributed by atoms with Crippen molar-refractivity contribution in [2.45, 2.75) is 19.8 Å². The molecular weight excluding hydrogens is 302 g/mol. The van der Waals surface area contributed by atoms with Gasteiger partial charge in [-0.15, -0.1) is 0 Å². The molecule has 0 saturated carbocycles. The Balaban J connectivity index is 2.23. The Morgan fingerprint density at radius 3 is 2.58 bits per heavy atom. The quantitative estimate of drug-likeness (QED) is 0.891. The topological polar surface area (TPSA) is 35.2 Å². The highest BCUT2D eigenvalue weighted by Crippen LogP contribution is 2.32. The van der Waals surface area contributed by atoms with Crippen molar-refractivity contribution in [1.29, 1.82) is 0 Å². The summed E-state index contributed by atoms with van der Waals surface area (Å²) in [6.07, 6.45) is 1.84. The number of ether oxygens (including phenoxy) is 1. The fourth-order valence-corrected chi connectivity index (χ4v) is 2.47. The van der Waals surface area contributed by atoms with Crippen LogP contribution in [0.5, 0.6) is 11.5 Å². The molecule has 0 aliphatic carbocycles. The maximum atomic E-state index is 5.99. The molecule has 19 heavy (non-hydrogen) atoms. The van der Waals surface area contributed by atoms with E-state index in [4.69, 9.17) is 10.5 Å². The summed E-state index contributed by atoms with van der Waals surface area (Å²) in [4.78, 5) is 0. The molecule has 0 atom stereocenters. The molecule has 0 aromatic heterocycles. The van der Waals surface area contributed by atoms with Gasteiger partial charge >= 0.3 is 0 Å². The Morgan fingerprint density at radius 2 is 1.89 bits per heavy atom. The Hall–Kier alpha value is -1.32. The molecule has 0 spiro atoms. The number of para-hydroxylation sites is 1. The molecule has 0 saturated heterocycles. The molecule has 2 N–H and O–H groups in total. The van der Waals surface area contributed by atoms with E-state index in [1.54, 1.807) is 0 Å². The van der Waals surface area contributed by atoms with Crippen LogP contribution in [0, 0.1) is 0 Å². The van der Waals surface area contributed by atoms with Crippen molar-refractivity contribution >= 4 is 15.9 Å². The minimum atomic E-state index is 0.658. The molecule has 2 aromatic carbocycles. The standard InChI is InChI=1S/C16H18BrNO/c1-2-13-5-3-4-6-15(13)19-16-8-7-12(9-10-18)11-14(16)17/h3-8,11H,2,9-10,18H2,1H3. The molecule has 0 radical (unpaired) electrons. The largest absolute Gasteiger partial charge is 0.456 e. The van der Waals surface area contributed by atoms with E-state index < -0.39 is 0 Å². The number of nitrogens with two attached hydrogens (primary N) is 1. The zero-order valence-corrected chi connectivity index (χ0v) is 12.6. The molecule has 0 fully saturated rings. The van der Waals surface area contributed by atoms with Crippen LogP contribution in [0.25, 0.3) is 0 Å². The monoisotopic (exact) mass is 319 g/mol. The van der Waals surface area contributed by atoms with Gasteiger partial charge in [0.2, 0.25) is 0 Å². The molecule has 0 heterocycles. The number of hydrogen-bond donors (Lipinski definition) is 1. The minimum Gasteiger partial charge on any atom is -0.456 e.